The van der Waals surface area contributed by atoms with Crippen LogP contribution in [0.25, 0.3) is 0 Å². The monoisotopic (exact) mass is 379 g/mol. The molecule has 4 N–H and O–H groups in total. The molecule has 0 aromatic heterocycles. The molecule has 4 heteroatoms. The summed E-state index contributed by atoms with van der Waals surface area (Å²) in [5.41, 5.74) is -0.458. The van der Waals surface area contributed by atoms with E-state index in [1.165, 1.54) is 38.5 Å². The van der Waals surface area contributed by atoms with Gasteiger partial charge in [-0.25, -0.2) is 0 Å². The van der Waals surface area contributed by atoms with E-state index in [1.54, 1.807) is 18.5 Å². The van der Waals surface area contributed by atoms with Crippen LogP contribution in [0.15, 0.2) is 0 Å². The predicted octanol–water partition coefficient (Wildman–Crippen LogP) is 7.22. The van der Waals surface area contributed by atoms with Crippen molar-refractivity contribution >= 4 is 13.2 Å². The quantitative estimate of drug-likeness (QED) is 0.332. The maximum atomic E-state index is 10.7. The smallest absolute Gasteiger partial charge is 0.344 e. The second-order valence-electron chi connectivity index (χ2n) is 7.77. The second kappa shape index (κ2) is 17.3. The molecule has 156 valence electrons. The van der Waals surface area contributed by atoms with E-state index in [9.17, 15) is 4.79 Å². The van der Waals surface area contributed by atoms with Crippen molar-refractivity contribution in [1.29, 1.82) is 0 Å². The summed E-state index contributed by atoms with van der Waals surface area (Å²) < 4.78 is 0. The van der Waals surface area contributed by atoms with Gasteiger partial charge in [0.2, 0.25) is 0 Å². The van der Waals surface area contributed by atoms with Crippen molar-refractivity contribution in [2.45, 2.75) is 99.3 Å². The Balaban J connectivity index is -0.000000392. The van der Waals surface area contributed by atoms with Crippen molar-refractivity contribution in [3.8, 4) is 0 Å². The van der Waals surface area contributed by atoms with Crippen LogP contribution in [-0.4, -0.2) is 36.2 Å². The normalized spacial score (nSPS) is 12.0. The number of carboxylic acid groups (broad SMARTS) is 1. The SMILES string of the molecule is CCC(CC)(CC)C(=O)O.CCCC[PH](C)(CCCC)CCCC.N. The first-order valence-electron chi connectivity index (χ1n) is 10.5. The average Bonchev–Trinajstić information content (AvgIpc) is 2.59. The fraction of sp³-hybridized carbons (Fsp3) is 0.952. The van der Waals surface area contributed by atoms with Gasteiger partial charge >= 0.3 is 97.7 Å². The van der Waals surface area contributed by atoms with Crippen molar-refractivity contribution in [2.24, 2.45) is 5.41 Å². The van der Waals surface area contributed by atoms with Gasteiger partial charge < -0.3 is 11.3 Å². The minimum atomic E-state index is -0.812. The molecule has 0 amide bonds. The standard InChI is InChI=1S/C13H31P.C8H16O2.H3N/c1-5-8-11-14(4,12-9-6-2)13-10-7-3;1-4-8(5-2,6-3)7(9)10;/h14H,5-13H2,1-4H3;4-6H2,1-3H3,(H,9,10);1H3. The molecule has 0 aromatic rings. The van der Waals surface area contributed by atoms with Gasteiger partial charge in [0.05, 0.1) is 5.41 Å². The first-order chi connectivity index (χ1) is 11.3. The van der Waals surface area contributed by atoms with Crippen LogP contribution < -0.4 is 6.15 Å². The van der Waals surface area contributed by atoms with Crippen LogP contribution in [0.3, 0.4) is 0 Å². The molecule has 0 heterocycles. The summed E-state index contributed by atoms with van der Waals surface area (Å²) in [6, 6.07) is 0. The minimum absolute atomic E-state index is 0. The number of carboxylic acids is 1. The maximum absolute atomic E-state index is 10.7. The van der Waals surface area contributed by atoms with Crippen LogP contribution in [0.1, 0.15) is 99.3 Å². The van der Waals surface area contributed by atoms with Gasteiger partial charge in [-0.05, 0) is 19.3 Å². The molecule has 0 radical (unpaired) electrons. The molecule has 0 aliphatic heterocycles. The van der Waals surface area contributed by atoms with Gasteiger partial charge in [-0.2, -0.15) is 0 Å². The van der Waals surface area contributed by atoms with Crippen LogP contribution >= 0.6 is 7.26 Å². The molecule has 0 spiro atoms. The van der Waals surface area contributed by atoms with Crippen LogP contribution in [-0.2, 0) is 4.79 Å². The summed E-state index contributed by atoms with van der Waals surface area (Å²) in [6.45, 7) is 15.4. The summed E-state index contributed by atoms with van der Waals surface area (Å²) in [5.74, 6) is -0.653. The van der Waals surface area contributed by atoms with E-state index >= 15 is 0 Å². The van der Waals surface area contributed by atoms with E-state index in [4.69, 9.17) is 5.11 Å². The number of hydrogen-bond acceptors (Lipinski definition) is 2. The summed E-state index contributed by atoms with van der Waals surface area (Å²) >= 11 is 0. The van der Waals surface area contributed by atoms with Crippen LogP contribution in [0.2, 0.25) is 0 Å². The molecule has 0 fully saturated rings. The molecule has 25 heavy (non-hydrogen) atoms. The van der Waals surface area contributed by atoms with E-state index in [0.717, 1.165) is 19.3 Å². The van der Waals surface area contributed by atoms with Gasteiger partial charge in [0.15, 0.2) is 0 Å². The largest absolute Gasteiger partial charge is 0.344 e. The fourth-order valence-corrected chi connectivity index (χ4v) is 7.76. The molecule has 0 aliphatic rings. The van der Waals surface area contributed by atoms with Crippen LogP contribution in [0.5, 0.6) is 0 Å². The zero-order valence-corrected chi connectivity index (χ0v) is 19.5. The fourth-order valence-electron chi connectivity index (χ4n) is 3.39. The molecule has 3 nitrogen and oxygen atoms in total. The molecule has 0 rings (SSSR count). The van der Waals surface area contributed by atoms with E-state index in [2.05, 4.69) is 27.4 Å². The molecule has 0 aromatic carbocycles. The summed E-state index contributed by atoms with van der Waals surface area (Å²) in [7, 11) is -0.812. The van der Waals surface area contributed by atoms with E-state index in [0.29, 0.717) is 0 Å². The zero-order valence-electron chi connectivity index (χ0n) is 18.5. The Morgan fingerprint density at radius 1 is 0.760 bits per heavy atom. The van der Waals surface area contributed by atoms with Crippen LogP contribution in [0.4, 0.5) is 0 Å². The molecular weight excluding hydrogens is 329 g/mol. The number of hydrogen-bond donors (Lipinski definition) is 2. The average molecular weight is 380 g/mol. The van der Waals surface area contributed by atoms with Gasteiger partial charge in [-0.1, -0.05) is 20.8 Å². The Morgan fingerprint density at radius 3 is 1.16 bits per heavy atom. The van der Waals surface area contributed by atoms with E-state index < -0.39 is 18.6 Å². The van der Waals surface area contributed by atoms with Gasteiger partial charge in [0.1, 0.15) is 0 Å². The first kappa shape index (κ1) is 29.6. The molecular formula is C21H50NO2P. The molecule has 0 unspecified atom stereocenters. The van der Waals surface area contributed by atoms with E-state index in [1.807, 2.05) is 20.8 Å². The summed E-state index contributed by atoms with van der Waals surface area (Å²) in [5, 5.41) is 8.82. The van der Waals surface area contributed by atoms with Crippen molar-refractivity contribution < 1.29 is 9.90 Å². The van der Waals surface area contributed by atoms with Crippen molar-refractivity contribution in [3.63, 3.8) is 0 Å². The van der Waals surface area contributed by atoms with Crippen molar-refractivity contribution in [1.82, 2.24) is 6.15 Å². The number of aliphatic carboxylic acids is 1. The third-order valence-electron chi connectivity index (χ3n) is 5.89. The van der Waals surface area contributed by atoms with Gasteiger partial charge in [0, 0.05) is 0 Å². The van der Waals surface area contributed by atoms with Gasteiger partial charge in [-0.3, -0.25) is 4.79 Å². The summed E-state index contributed by atoms with van der Waals surface area (Å²) in [4.78, 5) is 10.7. The van der Waals surface area contributed by atoms with E-state index in [-0.39, 0.29) is 6.15 Å². The molecule has 0 atom stereocenters. The molecule has 0 aliphatic carbocycles. The first-order valence-corrected chi connectivity index (χ1v) is 13.7. The number of rotatable bonds is 13. The molecule has 0 bridgehead atoms. The van der Waals surface area contributed by atoms with Gasteiger partial charge in [0.25, 0.3) is 0 Å². The Labute approximate surface area is 159 Å². The Hall–Kier alpha value is -0.140. The van der Waals surface area contributed by atoms with Gasteiger partial charge in [-0.15, -0.1) is 0 Å². The van der Waals surface area contributed by atoms with Crippen molar-refractivity contribution in [3.05, 3.63) is 0 Å². The van der Waals surface area contributed by atoms with Crippen molar-refractivity contribution in [2.75, 3.05) is 25.2 Å². The minimum Gasteiger partial charge on any atom is -0.344 e. The molecule has 0 saturated heterocycles. The number of unbranched alkanes of at least 4 members (excludes halogenated alkanes) is 3. The Kier molecular flexibility index (Phi) is 20.5. The zero-order chi connectivity index (χ0) is 19.1. The third-order valence-corrected chi connectivity index (χ3v) is 10.6. The third kappa shape index (κ3) is 12.8. The molecule has 0 saturated carbocycles. The maximum Gasteiger partial charge on any atom is -0.344 e. The second-order valence-corrected chi connectivity index (χ2v) is 12.9. The Morgan fingerprint density at radius 2 is 1.04 bits per heavy atom. The summed E-state index contributed by atoms with van der Waals surface area (Å²) in [6.07, 6.45) is 15.6. The Bertz CT molecular complexity index is 274. The topological polar surface area (TPSA) is 72.3 Å². The van der Waals surface area contributed by atoms with Crippen LogP contribution in [0, 0.1) is 5.41 Å². The number of carbonyl (C=O) groups is 1. The predicted molar refractivity (Wildman–Crippen MR) is 120 cm³/mol.